The highest BCUT2D eigenvalue weighted by atomic mass is 15.1. The molecule has 0 saturated heterocycles. The zero-order chi connectivity index (χ0) is 46.2. The van der Waals surface area contributed by atoms with Crippen molar-refractivity contribution < 1.29 is 0 Å². The first-order valence-corrected chi connectivity index (χ1v) is 24.4. The molecule has 0 bridgehead atoms. The fourth-order valence-electron chi connectivity index (χ4n) is 13.1. The van der Waals surface area contributed by atoms with Crippen LogP contribution in [0.3, 0.4) is 0 Å². The minimum atomic E-state index is -0.489. The van der Waals surface area contributed by atoms with Crippen molar-refractivity contribution in [2.75, 3.05) is 9.80 Å². The summed E-state index contributed by atoms with van der Waals surface area (Å²) in [7, 11) is 0. The van der Waals surface area contributed by atoms with Gasteiger partial charge in [0.1, 0.15) is 0 Å². The highest BCUT2D eigenvalue weighted by Gasteiger charge is 2.52. The van der Waals surface area contributed by atoms with Gasteiger partial charge >= 0.3 is 0 Å². The van der Waals surface area contributed by atoms with Crippen LogP contribution in [0.4, 0.5) is 34.1 Å². The van der Waals surface area contributed by atoms with Crippen molar-refractivity contribution in [1.82, 2.24) is 0 Å². The van der Waals surface area contributed by atoms with Crippen molar-refractivity contribution in [3.63, 3.8) is 0 Å². The second-order valence-corrected chi connectivity index (χ2v) is 20.4. The number of hydrogen-bond acceptors (Lipinski definition) is 2. The molecule has 1 spiro atoms. The van der Waals surface area contributed by atoms with Crippen molar-refractivity contribution >= 4 is 34.1 Å². The van der Waals surface area contributed by atoms with Crippen LogP contribution in [0.15, 0.2) is 231 Å². The third-order valence-electron chi connectivity index (χ3n) is 16.3. The predicted octanol–water partition coefficient (Wildman–Crippen LogP) is 17.6. The average molecular weight is 883 g/mol. The Kier molecular flexibility index (Phi) is 8.33. The zero-order valence-corrected chi connectivity index (χ0v) is 39.3. The minimum absolute atomic E-state index is 0.112. The van der Waals surface area contributed by atoms with Crippen LogP contribution >= 0.6 is 0 Å². The predicted molar refractivity (Wildman–Crippen MR) is 287 cm³/mol. The molecule has 10 aromatic carbocycles. The van der Waals surface area contributed by atoms with Crippen LogP contribution < -0.4 is 9.80 Å². The SMILES string of the molecule is CC1(C)c2ccccc2-c2ccc(N(c3ccccc3)c3ccc4c(c3)-c3ccccc3C43c4ccccc4-c4cc(N(c5ccccc5)c5ccc6c(c5)C(C)(C)c5ccccc5-6)ccc43)cc21. The van der Waals surface area contributed by atoms with Crippen LogP contribution in [0.2, 0.25) is 0 Å². The second kappa shape index (κ2) is 14.4. The Labute approximate surface area is 405 Å². The normalized spacial score (nSPS) is 15.0. The lowest BCUT2D eigenvalue weighted by molar-refractivity contribution is 0.660. The van der Waals surface area contributed by atoms with Crippen LogP contribution in [0, 0.1) is 0 Å². The van der Waals surface area contributed by atoms with Gasteiger partial charge in [-0.25, -0.2) is 0 Å². The Morgan fingerprint density at radius 2 is 0.507 bits per heavy atom. The van der Waals surface area contributed by atoms with E-state index < -0.39 is 5.41 Å². The van der Waals surface area contributed by atoms with E-state index in [9.17, 15) is 0 Å². The zero-order valence-electron chi connectivity index (χ0n) is 39.3. The standard InChI is InChI=1S/C67H50N2/c1-65(2)57-27-15-11-23-49(57)53-35-31-47(41-63(53)65)68(43-19-7-5-8-20-43)45-33-37-61-55(39-45)51-25-13-17-29-59(51)67(61)60-30-18-14-26-52(60)56-40-46(34-38-62(56)67)69(44-21-9-6-10-22-44)48-32-36-54-50-24-12-16-28-58(50)66(3,4)64(54)42-48/h5-42H,1-4H3. The third-order valence-corrected chi connectivity index (χ3v) is 16.3. The van der Waals surface area contributed by atoms with E-state index in [1.807, 2.05) is 0 Å². The van der Waals surface area contributed by atoms with Crippen molar-refractivity contribution in [2.24, 2.45) is 0 Å². The maximum absolute atomic E-state index is 2.46. The van der Waals surface area contributed by atoms with Gasteiger partial charge < -0.3 is 9.80 Å². The van der Waals surface area contributed by atoms with Gasteiger partial charge in [0.05, 0.1) is 5.41 Å². The first-order chi connectivity index (χ1) is 33.7. The first kappa shape index (κ1) is 39.9. The summed E-state index contributed by atoms with van der Waals surface area (Å²) in [6.45, 7) is 9.47. The van der Waals surface area contributed by atoms with E-state index >= 15 is 0 Å². The lowest BCUT2D eigenvalue weighted by atomic mass is 9.70. The van der Waals surface area contributed by atoms with E-state index in [1.165, 1.54) is 89.0 Å². The molecule has 0 amide bonds. The maximum Gasteiger partial charge on any atom is 0.0725 e. The van der Waals surface area contributed by atoms with E-state index in [2.05, 4.69) is 268 Å². The molecule has 2 nitrogen and oxygen atoms in total. The topological polar surface area (TPSA) is 6.48 Å². The molecule has 0 unspecified atom stereocenters. The van der Waals surface area contributed by atoms with E-state index in [4.69, 9.17) is 0 Å². The molecule has 14 rings (SSSR count). The Morgan fingerprint density at radius 1 is 0.217 bits per heavy atom. The number of nitrogens with zero attached hydrogens (tertiary/aromatic N) is 2. The molecule has 0 atom stereocenters. The summed E-state index contributed by atoms with van der Waals surface area (Å²) in [4.78, 5) is 4.90. The Balaban J connectivity index is 0.936. The molecule has 0 aliphatic heterocycles. The fourth-order valence-corrected chi connectivity index (χ4v) is 13.1. The maximum atomic E-state index is 2.46. The average Bonchev–Trinajstić information content (AvgIpc) is 4.02. The van der Waals surface area contributed by atoms with Gasteiger partial charge in [-0.3, -0.25) is 0 Å². The molecule has 4 aliphatic carbocycles. The van der Waals surface area contributed by atoms with Gasteiger partial charge in [0.2, 0.25) is 0 Å². The van der Waals surface area contributed by atoms with Crippen LogP contribution in [-0.2, 0) is 16.2 Å². The molecule has 0 radical (unpaired) electrons. The summed E-state index contributed by atoms with van der Waals surface area (Å²) in [5.41, 5.74) is 27.4. The van der Waals surface area contributed by atoms with Crippen molar-refractivity contribution in [3.05, 3.63) is 275 Å². The number of anilines is 6. The summed E-state index contributed by atoms with van der Waals surface area (Å²) >= 11 is 0. The van der Waals surface area contributed by atoms with Crippen LogP contribution in [-0.4, -0.2) is 0 Å². The van der Waals surface area contributed by atoms with E-state index in [0.29, 0.717) is 0 Å². The number of para-hydroxylation sites is 2. The summed E-state index contributed by atoms with van der Waals surface area (Å²) in [5, 5.41) is 0. The molecule has 2 heteroatoms. The molecule has 0 aromatic heterocycles. The van der Waals surface area contributed by atoms with Crippen LogP contribution in [0.5, 0.6) is 0 Å². The molecular weight excluding hydrogens is 833 g/mol. The molecule has 10 aromatic rings. The summed E-state index contributed by atoms with van der Waals surface area (Å²) in [5.74, 6) is 0. The number of fused-ring (bicyclic) bond motifs is 16. The van der Waals surface area contributed by atoms with Crippen LogP contribution in [0.1, 0.15) is 72.2 Å². The largest absolute Gasteiger partial charge is 0.310 e. The first-order valence-electron chi connectivity index (χ1n) is 24.4. The van der Waals surface area contributed by atoms with E-state index in [-0.39, 0.29) is 10.8 Å². The molecule has 0 saturated carbocycles. The van der Waals surface area contributed by atoms with Gasteiger partial charge in [-0.2, -0.15) is 0 Å². The molecule has 0 N–H and O–H groups in total. The van der Waals surface area contributed by atoms with Crippen molar-refractivity contribution in [3.8, 4) is 44.5 Å². The fraction of sp³-hybridized carbons (Fsp3) is 0.104. The molecule has 0 heterocycles. The monoisotopic (exact) mass is 882 g/mol. The van der Waals surface area contributed by atoms with E-state index in [1.54, 1.807) is 0 Å². The van der Waals surface area contributed by atoms with Gasteiger partial charge in [0, 0.05) is 45.0 Å². The van der Waals surface area contributed by atoms with Gasteiger partial charge in [0.15, 0.2) is 0 Å². The van der Waals surface area contributed by atoms with Crippen LogP contribution in [0.25, 0.3) is 44.5 Å². The minimum Gasteiger partial charge on any atom is -0.310 e. The highest BCUT2D eigenvalue weighted by Crippen LogP contribution is 2.64. The molecule has 69 heavy (non-hydrogen) atoms. The lowest BCUT2D eigenvalue weighted by Gasteiger charge is -2.32. The van der Waals surface area contributed by atoms with E-state index in [0.717, 1.165) is 34.1 Å². The Hall–Kier alpha value is -8.20. The van der Waals surface area contributed by atoms with Gasteiger partial charge in [-0.1, -0.05) is 185 Å². The van der Waals surface area contributed by atoms with Crippen molar-refractivity contribution in [2.45, 2.75) is 43.9 Å². The smallest absolute Gasteiger partial charge is 0.0725 e. The number of benzene rings is 10. The van der Waals surface area contributed by atoms with Gasteiger partial charge in [-0.15, -0.1) is 0 Å². The highest BCUT2D eigenvalue weighted by molar-refractivity contribution is 5.98. The quantitative estimate of drug-likeness (QED) is 0.164. The molecule has 4 aliphatic rings. The lowest BCUT2D eigenvalue weighted by Crippen LogP contribution is -2.26. The van der Waals surface area contributed by atoms with Crippen molar-refractivity contribution in [1.29, 1.82) is 0 Å². The number of rotatable bonds is 6. The molecule has 328 valence electrons. The Bertz CT molecular complexity index is 3500. The molecule has 0 fully saturated rings. The Morgan fingerprint density at radius 3 is 0.913 bits per heavy atom. The molecular formula is C67H50N2. The van der Waals surface area contributed by atoms with Gasteiger partial charge in [0.25, 0.3) is 0 Å². The second-order valence-electron chi connectivity index (χ2n) is 20.4. The number of hydrogen-bond donors (Lipinski definition) is 0. The summed E-state index contributed by atoms with van der Waals surface area (Å²) < 4.78 is 0. The van der Waals surface area contributed by atoms with Gasteiger partial charge in [-0.05, 0) is 162 Å². The summed E-state index contributed by atoms with van der Waals surface area (Å²) in [6, 6.07) is 86.6. The summed E-state index contributed by atoms with van der Waals surface area (Å²) in [6.07, 6.45) is 0. The third kappa shape index (κ3) is 5.43.